The van der Waals surface area contributed by atoms with E-state index < -0.39 is 0 Å². The van der Waals surface area contributed by atoms with Gasteiger partial charge in [-0.2, -0.15) is 4.98 Å². The number of carbonyl (C=O) groups is 1. The highest BCUT2D eigenvalue weighted by molar-refractivity contribution is 5.94. The number of hydrogen-bond donors (Lipinski definition) is 0. The minimum atomic E-state index is 0.133. The number of aromatic nitrogens is 2. The minimum absolute atomic E-state index is 0.133. The molecule has 3 rings (SSSR count). The minimum Gasteiger partial charge on any atom is -0.342 e. The number of hydrogen-bond acceptors (Lipinski definition) is 4. The molecule has 0 spiro atoms. The van der Waals surface area contributed by atoms with Gasteiger partial charge in [0.2, 0.25) is 12.2 Å². The van der Waals surface area contributed by atoms with E-state index in [0.29, 0.717) is 11.9 Å². The van der Waals surface area contributed by atoms with Crippen molar-refractivity contribution in [2.45, 2.75) is 45.1 Å². The normalized spacial score (nSPS) is 19.0. The molecule has 1 fully saturated rings. The molecule has 1 atom stereocenters. The van der Waals surface area contributed by atoms with Crippen molar-refractivity contribution in [2.24, 2.45) is 0 Å². The number of amides is 1. The number of benzene rings is 1. The highest BCUT2D eigenvalue weighted by atomic mass is 16.5. The first-order chi connectivity index (χ1) is 10.8. The lowest BCUT2D eigenvalue weighted by Gasteiger charge is -2.29. The standard InChI is InChI=1S/C17H21N3O2/c1-2-15-6-4-3-5-11-20(15)17(21)14-9-7-13(8-10-14)16-18-12-22-19-16/h7-10,12,15H,2-6,11H2,1H3. The molecule has 1 unspecified atom stereocenters. The van der Waals surface area contributed by atoms with Gasteiger partial charge in [0.1, 0.15) is 0 Å². The van der Waals surface area contributed by atoms with E-state index in [1.165, 1.54) is 19.2 Å². The van der Waals surface area contributed by atoms with Crippen molar-refractivity contribution in [1.29, 1.82) is 0 Å². The first kappa shape index (κ1) is 14.8. The Labute approximate surface area is 130 Å². The molecule has 0 aliphatic carbocycles. The first-order valence-corrected chi connectivity index (χ1v) is 7.97. The third kappa shape index (κ3) is 3.03. The van der Waals surface area contributed by atoms with Gasteiger partial charge in [0.25, 0.3) is 5.91 Å². The molecule has 22 heavy (non-hydrogen) atoms. The van der Waals surface area contributed by atoms with Crippen molar-refractivity contribution < 1.29 is 9.32 Å². The van der Waals surface area contributed by atoms with Crippen LogP contribution in [0.1, 0.15) is 49.4 Å². The van der Waals surface area contributed by atoms with Crippen LogP contribution in [-0.4, -0.2) is 33.5 Å². The van der Waals surface area contributed by atoms with Gasteiger partial charge in [0.15, 0.2) is 0 Å². The number of nitrogens with zero attached hydrogens (tertiary/aromatic N) is 3. The zero-order valence-electron chi connectivity index (χ0n) is 12.9. The van der Waals surface area contributed by atoms with Crippen molar-refractivity contribution in [3.05, 3.63) is 36.2 Å². The molecule has 0 radical (unpaired) electrons. The molecule has 2 heterocycles. The summed E-state index contributed by atoms with van der Waals surface area (Å²) in [5.41, 5.74) is 1.58. The van der Waals surface area contributed by atoms with Gasteiger partial charge in [-0.25, -0.2) is 0 Å². The van der Waals surface area contributed by atoms with E-state index >= 15 is 0 Å². The Kier molecular flexibility index (Phi) is 4.51. The summed E-state index contributed by atoms with van der Waals surface area (Å²) in [4.78, 5) is 18.9. The molecule has 5 heteroatoms. The Balaban J connectivity index is 1.79. The van der Waals surface area contributed by atoms with Gasteiger partial charge in [0.05, 0.1) is 0 Å². The molecular formula is C17H21N3O2. The van der Waals surface area contributed by atoms with Gasteiger partial charge in [-0.05, 0) is 31.4 Å². The molecule has 0 bridgehead atoms. The smallest absolute Gasteiger partial charge is 0.254 e. The van der Waals surface area contributed by atoms with Gasteiger partial charge < -0.3 is 9.42 Å². The Hall–Kier alpha value is -2.17. The summed E-state index contributed by atoms with van der Waals surface area (Å²) in [6.07, 6.45) is 6.98. The van der Waals surface area contributed by atoms with Crippen LogP contribution in [0.2, 0.25) is 0 Å². The third-order valence-corrected chi connectivity index (χ3v) is 4.36. The molecule has 5 nitrogen and oxygen atoms in total. The Morgan fingerprint density at radius 2 is 2.09 bits per heavy atom. The molecule has 0 saturated carbocycles. The predicted octanol–water partition coefficient (Wildman–Crippen LogP) is 3.53. The van der Waals surface area contributed by atoms with E-state index in [-0.39, 0.29) is 5.91 Å². The fourth-order valence-corrected chi connectivity index (χ4v) is 3.09. The van der Waals surface area contributed by atoms with Crippen molar-refractivity contribution in [1.82, 2.24) is 15.0 Å². The summed E-state index contributed by atoms with van der Waals surface area (Å²) in [5, 5.41) is 3.81. The SMILES string of the molecule is CCC1CCCCCN1C(=O)c1ccc(-c2ncon2)cc1. The number of likely N-dealkylation sites (tertiary alicyclic amines) is 1. The number of carbonyl (C=O) groups excluding carboxylic acids is 1. The topological polar surface area (TPSA) is 59.2 Å². The van der Waals surface area contributed by atoms with E-state index in [0.717, 1.165) is 36.9 Å². The second-order valence-electron chi connectivity index (χ2n) is 5.74. The van der Waals surface area contributed by atoms with Gasteiger partial charge in [-0.15, -0.1) is 0 Å². The van der Waals surface area contributed by atoms with Crippen LogP contribution < -0.4 is 0 Å². The summed E-state index contributed by atoms with van der Waals surface area (Å²) in [5.74, 6) is 0.675. The van der Waals surface area contributed by atoms with Crippen molar-refractivity contribution in [2.75, 3.05) is 6.54 Å². The monoisotopic (exact) mass is 299 g/mol. The summed E-state index contributed by atoms with van der Waals surface area (Å²) in [7, 11) is 0. The van der Waals surface area contributed by atoms with Crippen LogP contribution in [0.15, 0.2) is 35.2 Å². The van der Waals surface area contributed by atoms with E-state index in [4.69, 9.17) is 4.52 Å². The first-order valence-electron chi connectivity index (χ1n) is 7.97. The maximum Gasteiger partial charge on any atom is 0.254 e. The molecule has 1 saturated heterocycles. The summed E-state index contributed by atoms with van der Waals surface area (Å²) in [6, 6.07) is 7.82. The summed E-state index contributed by atoms with van der Waals surface area (Å²) < 4.78 is 4.75. The van der Waals surface area contributed by atoms with Crippen LogP contribution in [0, 0.1) is 0 Å². The van der Waals surface area contributed by atoms with E-state index in [9.17, 15) is 4.79 Å². The van der Waals surface area contributed by atoms with Crippen molar-refractivity contribution >= 4 is 5.91 Å². The maximum absolute atomic E-state index is 12.8. The van der Waals surface area contributed by atoms with Gasteiger partial charge >= 0.3 is 0 Å². The summed E-state index contributed by atoms with van der Waals surface area (Å²) >= 11 is 0. The van der Waals surface area contributed by atoms with Crippen molar-refractivity contribution in [3.63, 3.8) is 0 Å². The van der Waals surface area contributed by atoms with Crippen molar-refractivity contribution in [3.8, 4) is 11.4 Å². The highest BCUT2D eigenvalue weighted by Crippen LogP contribution is 2.22. The van der Waals surface area contributed by atoms with Gasteiger partial charge in [0, 0.05) is 23.7 Å². The Morgan fingerprint density at radius 1 is 1.27 bits per heavy atom. The van der Waals surface area contributed by atoms with Crippen LogP contribution >= 0.6 is 0 Å². The lowest BCUT2D eigenvalue weighted by molar-refractivity contribution is 0.0678. The summed E-state index contributed by atoms with van der Waals surface area (Å²) in [6.45, 7) is 3.03. The zero-order chi connectivity index (χ0) is 15.4. The quantitative estimate of drug-likeness (QED) is 0.870. The van der Waals surface area contributed by atoms with Crippen LogP contribution in [-0.2, 0) is 0 Å². The predicted molar refractivity (Wildman–Crippen MR) is 83.3 cm³/mol. The second-order valence-corrected chi connectivity index (χ2v) is 5.74. The van der Waals surface area contributed by atoms with Gasteiger partial charge in [-0.1, -0.05) is 37.1 Å². The lowest BCUT2D eigenvalue weighted by atomic mass is 10.1. The molecular weight excluding hydrogens is 278 g/mol. The van der Waals surface area contributed by atoms with Gasteiger partial charge in [-0.3, -0.25) is 4.79 Å². The average molecular weight is 299 g/mol. The second kappa shape index (κ2) is 6.73. The highest BCUT2D eigenvalue weighted by Gasteiger charge is 2.24. The molecule has 1 aromatic heterocycles. The van der Waals surface area contributed by atoms with Crippen LogP contribution in [0.5, 0.6) is 0 Å². The van der Waals surface area contributed by atoms with E-state index in [2.05, 4.69) is 22.0 Å². The molecule has 1 aromatic carbocycles. The Bertz CT molecular complexity index is 607. The average Bonchev–Trinajstić information content (AvgIpc) is 2.99. The van der Waals surface area contributed by atoms with E-state index in [1.54, 1.807) is 0 Å². The fourth-order valence-electron chi connectivity index (χ4n) is 3.09. The number of rotatable bonds is 3. The molecule has 2 aromatic rings. The largest absolute Gasteiger partial charge is 0.342 e. The van der Waals surface area contributed by atoms with Crippen LogP contribution in [0.3, 0.4) is 0 Å². The molecule has 0 N–H and O–H groups in total. The van der Waals surface area contributed by atoms with Crippen LogP contribution in [0.25, 0.3) is 11.4 Å². The third-order valence-electron chi connectivity index (χ3n) is 4.36. The molecule has 116 valence electrons. The van der Waals surface area contributed by atoms with E-state index in [1.807, 2.05) is 24.3 Å². The molecule has 1 aliphatic heterocycles. The molecule has 1 amide bonds. The lowest BCUT2D eigenvalue weighted by Crippen LogP contribution is -2.39. The molecule has 1 aliphatic rings. The van der Waals surface area contributed by atoms with Crippen LogP contribution in [0.4, 0.5) is 0 Å². The maximum atomic E-state index is 12.8. The Morgan fingerprint density at radius 3 is 2.77 bits per heavy atom. The zero-order valence-corrected chi connectivity index (χ0v) is 12.9. The fraction of sp³-hybridized carbons (Fsp3) is 0.471.